The van der Waals surface area contributed by atoms with Crippen LogP contribution in [0.5, 0.6) is 11.5 Å². The highest BCUT2D eigenvalue weighted by molar-refractivity contribution is 6.29. The Hall–Kier alpha value is -9.89. The van der Waals surface area contributed by atoms with Gasteiger partial charge in [-0.15, -0.1) is 12.4 Å². The largest absolute Gasteiger partial charge is 0.471 e. The standard InChI is InChI=1S/C24H16N4O6.C13H18N2O2.C12H15ClN2O2.C10H9F3N2O.C7H7ClN2.ClH/c29-23(33-18-9-3-1-4-10-18)27(24(30)34-19-11-5-2-6-12-19)22-21(28(31)32)14-13-20(26-22)17-8-7-15-25-16-17;1-9-5-10-7-15(8-11(10)6-14-9)12(16)17-13(2,3)4;1-12(2,3)17-11(16)15-6-8-4-10(13)14-5-9(8)7-15;1-6-2-7-4-15(5-8(7)3-14-6)9(16)10(11,12)13;8-7-1-5-2-9-3-6(5)4-10-7;/h1-16H;5-6H,7-8H2,1-4H3;4-5H,6-7H2,1-3H3;2-3H,4-5H2,1H3;1,4,9H,2-3H2;1H. The van der Waals surface area contributed by atoms with E-state index in [2.05, 4.69) is 35.2 Å². The zero-order chi connectivity index (χ0) is 68.1. The van der Waals surface area contributed by atoms with Gasteiger partial charge in [-0.3, -0.25) is 39.7 Å². The van der Waals surface area contributed by atoms with Gasteiger partial charge < -0.3 is 29.2 Å². The number of carbonyl (C=O) groups excluding carboxylic acids is 5. The molecule has 2 aromatic carbocycles. The lowest BCUT2D eigenvalue weighted by molar-refractivity contribution is -0.384. The first-order valence-corrected chi connectivity index (χ1v) is 29.8. The Morgan fingerprint density at radius 1 is 0.558 bits per heavy atom. The van der Waals surface area contributed by atoms with E-state index in [1.807, 2.05) is 73.0 Å². The number of rotatable bonds is 5. The normalized spacial score (nSPS) is 13.1. The second-order valence-corrected chi connectivity index (χ2v) is 24.2. The topological polar surface area (TPSA) is 268 Å². The summed E-state index contributed by atoms with van der Waals surface area (Å²) >= 11 is 11.5. The summed E-state index contributed by atoms with van der Waals surface area (Å²) < 4.78 is 57.8. The van der Waals surface area contributed by atoms with Crippen molar-refractivity contribution in [3.63, 3.8) is 0 Å². The molecule has 4 aliphatic heterocycles. The number of hydrogen-bond acceptors (Lipinski definition) is 18. The Morgan fingerprint density at radius 2 is 0.989 bits per heavy atom. The average molecular weight is 1370 g/mol. The smallest absolute Gasteiger partial charge is 0.444 e. The number of carbonyl (C=O) groups is 5. The first kappa shape index (κ1) is 72.5. The summed E-state index contributed by atoms with van der Waals surface area (Å²) in [5, 5.41) is 16.0. The van der Waals surface area contributed by atoms with E-state index in [-0.39, 0.29) is 54.9 Å². The molecule has 1 N–H and O–H groups in total. The van der Waals surface area contributed by atoms with Crippen molar-refractivity contribution >= 4 is 77.4 Å². The van der Waals surface area contributed by atoms with Gasteiger partial charge in [-0.2, -0.15) is 18.1 Å². The van der Waals surface area contributed by atoms with Gasteiger partial charge in [-0.1, -0.05) is 59.6 Å². The molecule has 23 nitrogen and oxygen atoms in total. The van der Waals surface area contributed by atoms with E-state index in [1.54, 1.807) is 89.8 Å². The fourth-order valence-electron chi connectivity index (χ4n) is 9.38. The molecule has 0 saturated heterocycles. The zero-order valence-corrected chi connectivity index (χ0v) is 55.0. The molecule has 95 heavy (non-hydrogen) atoms. The molecule has 12 rings (SSSR count). The maximum Gasteiger partial charge on any atom is 0.471 e. The van der Waals surface area contributed by atoms with E-state index < -0.39 is 51.9 Å². The molecule has 0 radical (unpaired) electrons. The number of amides is 5. The second-order valence-electron chi connectivity index (χ2n) is 23.4. The molecule has 10 heterocycles. The van der Waals surface area contributed by atoms with Crippen molar-refractivity contribution in [2.75, 3.05) is 4.90 Å². The van der Waals surface area contributed by atoms with Crippen LogP contribution in [-0.2, 0) is 66.6 Å². The molecule has 0 fully saturated rings. The van der Waals surface area contributed by atoms with Crippen molar-refractivity contribution in [1.29, 1.82) is 0 Å². The van der Waals surface area contributed by atoms with E-state index >= 15 is 0 Å². The van der Waals surface area contributed by atoms with Crippen molar-refractivity contribution in [2.24, 2.45) is 0 Å². The number of hydrogen-bond donors (Lipinski definition) is 1. The molecule has 29 heteroatoms. The van der Waals surface area contributed by atoms with Gasteiger partial charge in [0.2, 0.25) is 5.82 Å². The van der Waals surface area contributed by atoms with Crippen molar-refractivity contribution in [3.8, 4) is 22.8 Å². The van der Waals surface area contributed by atoms with Crippen molar-refractivity contribution in [3.05, 3.63) is 223 Å². The van der Waals surface area contributed by atoms with E-state index in [4.69, 9.17) is 42.1 Å². The summed E-state index contributed by atoms with van der Waals surface area (Å²) in [5.41, 5.74) is 9.29. The van der Waals surface area contributed by atoms with Gasteiger partial charge in [0, 0.05) is 99.5 Å². The number of ether oxygens (including phenoxy) is 4. The number of aryl methyl sites for hydroxylation is 2. The average Bonchev–Trinajstić information content (AvgIpc) is 1.79. The van der Waals surface area contributed by atoms with Crippen LogP contribution in [0.2, 0.25) is 10.3 Å². The van der Waals surface area contributed by atoms with E-state index in [0.717, 1.165) is 57.7 Å². The third kappa shape index (κ3) is 20.8. The minimum Gasteiger partial charge on any atom is -0.444 e. The van der Waals surface area contributed by atoms with Crippen molar-refractivity contribution < 1.29 is 61.0 Å². The number of alkyl halides is 3. The molecule has 0 spiro atoms. The van der Waals surface area contributed by atoms with Crippen LogP contribution >= 0.6 is 35.6 Å². The Labute approximate surface area is 561 Å². The number of aromatic nitrogens is 6. The summed E-state index contributed by atoms with van der Waals surface area (Å²) in [4.78, 5) is 101. The van der Waals surface area contributed by atoms with Crippen LogP contribution in [0.15, 0.2) is 146 Å². The molecule has 498 valence electrons. The number of pyridine rings is 6. The number of nitro groups is 1. The second kappa shape index (κ2) is 31.8. The zero-order valence-electron chi connectivity index (χ0n) is 52.7. The van der Waals surface area contributed by atoms with Gasteiger partial charge in [0.15, 0.2) is 0 Å². The Morgan fingerprint density at radius 3 is 1.45 bits per heavy atom. The fourth-order valence-corrected chi connectivity index (χ4v) is 9.74. The lowest BCUT2D eigenvalue weighted by Crippen LogP contribution is -2.42. The summed E-state index contributed by atoms with van der Waals surface area (Å²) in [5.74, 6) is -2.11. The minimum atomic E-state index is -4.80. The maximum absolute atomic E-state index is 13.1. The first-order valence-electron chi connectivity index (χ1n) is 29.0. The Kier molecular flexibility index (Phi) is 24.3. The van der Waals surface area contributed by atoms with Gasteiger partial charge >= 0.3 is 42.1 Å². The highest BCUT2D eigenvalue weighted by atomic mass is 35.5. The SMILES string of the molecule is CC(C)(C)OC(=O)N1Cc2cnc(Cl)cc2C1.Cc1cc2c(cn1)CN(C(=O)C(F)(F)F)C2.Cc1cc2c(cn1)CN(C(=O)OC(C)(C)C)C2.Cl.Clc1cc2c(cn1)CNC2.O=C(Oc1ccccc1)N(C(=O)Oc1ccccc1)c1nc(-c2cccnc2)ccc1[N+](=O)[O-]. The van der Waals surface area contributed by atoms with E-state index in [1.165, 1.54) is 59.4 Å². The van der Waals surface area contributed by atoms with Crippen LogP contribution in [0.4, 0.5) is 43.9 Å². The highest BCUT2D eigenvalue weighted by Gasteiger charge is 2.44. The number of anilines is 1. The molecule has 0 unspecified atom stereocenters. The predicted molar refractivity (Wildman–Crippen MR) is 347 cm³/mol. The molecule has 0 atom stereocenters. The minimum absolute atomic E-state index is 0. The Bertz CT molecular complexity index is 3920. The summed E-state index contributed by atoms with van der Waals surface area (Å²) in [6.45, 7) is 19.0. The summed E-state index contributed by atoms with van der Waals surface area (Å²) in [6, 6.07) is 29.2. The molecule has 6 aromatic heterocycles. The lowest BCUT2D eigenvalue weighted by atomic mass is 10.2. The molecule has 4 aliphatic rings. The number of benzene rings is 2. The van der Waals surface area contributed by atoms with Gasteiger partial charge in [0.1, 0.15) is 33.0 Å². The predicted octanol–water partition coefficient (Wildman–Crippen LogP) is 14.4. The fraction of sp³-hybridized carbons (Fsp3) is 0.288. The number of imide groups is 1. The molecule has 0 aliphatic carbocycles. The highest BCUT2D eigenvalue weighted by Crippen LogP contribution is 2.33. The van der Waals surface area contributed by atoms with Gasteiger partial charge in [-0.05, 0) is 167 Å². The molecule has 0 bridgehead atoms. The van der Waals surface area contributed by atoms with Crippen LogP contribution in [0.25, 0.3) is 11.3 Å². The van der Waals surface area contributed by atoms with Crippen LogP contribution in [0.1, 0.15) is 97.4 Å². The van der Waals surface area contributed by atoms with Crippen molar-refractivity contribution in [1.82, 2.24) is 49.9 Å². The molecule has 0 saturated carbocycles. The number of nitrogens with one attached hydrogen (secondary N) is 1. The van der Waals surface area contributed by atoms with Gasteiger partial charge in [0.25, 0.3) is 0 Å². The summed E-state index contributed by atoms with van der Waals surface area (Å²) in [7, 11) is 0. The molecule has 5 amide bonds. The quantitative estimate of drug-likeness (QED) is 0.0953. The molecular weight excluding hydrogens is 1300 g/mol. The van der Waals surface area contributed by atoms with Crippen molar-refractivity contribution in [2.45, 2.75) is 125 Å². The van der Waals surface area contributed by atoms with Crippen LogP contribution < -0.4 is 19.7 Å². The number of para-hydroxylation sites is 2. The lowest BCUT2D eigenvalue weighted by Gasteiger charge is -2.24. The third-order valence-corrected chi connectivity index (χ3v) is 14.1. The Balaban J connectivity index is 0.000000178. The molecule has 8 aromatic rings. The van der Waals surface area contributed by atoms with E-state index in [0.29, 0.717) is 52.5 Å². The van der Waals surface area contributed by atoms with E-state index in [9.17, 15) is 47.3 Å². The molecular formula is C66H66Cl3F3N12O11. The van der Waals surface area contributed by atoms with Crippen LogP contribution in [0, 0.1) is 24.0 Å². The first-order chi connectivity index (χ1) is 44.5. The monoisotopic (exact) mass is 1360 g/mol. The van der Waals surface area contributed by atoms with Crippen LogP contribution in [0.3, 0.4) is 0 Å². The van der Waals surface area contributed by atoms with Gasteiger partial charge in [-0.25, -0.2) is 34.1 Å². The van der Waals surface area contributed by atoms with Crippen LogP contribution in [-0.4, -0.2) is 97.2 Å². The number of fused-ring (bicyclic) bond motifs is 4. The number of nitrogens with zero attached hydrogens (tertiary/aromatic N) is 11. The van der Waals surface area contributed by atoms with Gasteiger partial charge in [0.05, 0.1) is 23.7 Å². The third-order valence-electron chi connectivity index (χ3n) is 13.7. The maximum atomic E-state index is 13.1. The number of halogens is 6. The summed E-state index contributed by atoms with van der Waals surface area (Å²) in [6.07, 6.45) is 2.13.